The van der Waals surface area contributed by atoms with Gasteiger partial charge in [0.1, 0.15) is 0 Å². The van der Waals surface area contributed by atoms with Gasteiger partial charge in [0.05, 0.1) is 0 Å². The van der Waals surface area contributed by atoms with Gasteiger partial charge < -0.3 is 0 Å². The SMILES string of the molecule is Cc1ccc([As](c2ccccc2C)C(C)C)cc1. The van der Waals surface area contributed by atoms with Crippen LogP contribution in [0.25, 0.3) is 0 Å². The van der Waals surface area contributed by atoms with E-state index in [-0.39, 0.29) is 0 Å². The van der Waals surface area contributed by atoms with Gasteiger partial charge in [0.2, 0.25) is 0 Å². The zero-order valence-corrected chi connectivity index (χ0v) is 13.5. The number of aryl methyl sites for hydroxylation is 2. The molecule has 0 radical (unpaired) electrons. The minimum absolute atomic E-state index is 0.751. The van der Waals surface area contributed by atoms with Crippen LogP contribution in [0.15, 0.2) is 48.5 Å². The summed E-state index contributed by atoms with van der Waals surface area (Å²) in [6.07, 6.45) is 0. The third kappa shape index (κ3) is 2.87. The molecule has 0 aliphatic carbocycles. The fourth-order valence-corrected chi connectivity index (χ4v) is 7.71. The molecule has 0 saturated heterocycles. The van der Waals surface area contributed by atoms with E-state index in [2.05, 4.69) is 76.2 Å². The predicted octanol–water partition coefficient (Wildman–Crippen LogP) is 3.32. The van der Waals surface area contributed by atoms with Crippen LogP contribution in [-0.2, 0) is 0 Å². The van der Waals surface area contributed by atoms with Gasteiger partial charge in [0, 0.05) is 0 Å². The molecule has 1 unspecified atom stereocenters. The van der Waals surface area contributed by atoms with Gasteiger partial charge in [-0.25, -0.2) is 0 Å². The van der Waals surface area contributed by atoms with E-state index in [0.29, 0.717) is 0 Å². The maximum atomic E-state index is 2.37. The van der Waals surface area contributed by atoms with Crippen molar-refractivity contribution in [1.82, 2.24) is 0 Å². The van der Waals surface area contributed by atoms with Crippen molar-refractivity contribution >= 4 is 23.4 Å². The van der Waals surface area contributed by atoms with Crippen LogP contribution in [0.5, 0.6) is 0 Å². The summed E-state index contributed by atoms with van der Waals surface area (Å²) in [5, 5.41) is 0. The van der Waals surface area contributed by atoms with E-state index >= 15 is 0 Å². The van der Waals surface area contributed by atoms with Crippen LogP contribution in [0.3, 0.4) is 0 Å². The third-order valence-electron chi connectivity index (χ3n) is 3.20. The van der Waals surface area contributed by atoms with Crippen molar-refractivity contribution < 1.29 is 0 Å². The average Bonchev–Trinajstić information content (AvgIpc) is 2.34. The molecule has 0 aliphatic heterocycles. The maximum absolute atomic E-state index is 2.37. The molecule has 0 aliphatic rings. The first-order chi connectivity index (χ1) is 8.59. The Hall–Kier alpha value is -1.00. The Labute approximate surface area is 115 Å². The molecule has 0 fully saturated rings. The van der Waals surface area contributed by atoms with Crippen LogP contribution in [0, 0.1) is 13.8 Å². The third-order valence-corrected chi connectivity index (χ3v) is 9.31. The van der Waals surface area contributed by atoms with Crippen molar-refractivity contribution in [3.8, 4) is 0 Å². The van der Waals surface area contributed by atoms with Crippen LogP contribution >= 0.6 is 0 Å². The molecular weight excluding hydrogens is 279 g/mol. The van der Waals surface area contributed by atoms with Crippen LogP contribution in [0.2, 0.25) is 4.71 Å². The molecule has 2 aromatic carbocycles. The van der Waals surface area contributed by atoms with Crippen LogP contribution in [0.4, 0.5) is 0 Å². The number of hydrogen-bond donors (Lipinski definition) is 0. The molecule has 94 valence electrons. The Morgan fingerprint density at radius 2 is 1.44 bits per heavy atom. The van der Waals surface area contributed by atoms with Gasteiger partial charge >= 0.3 is 115 Å². The fourth-order valence-electron chi connectivity index (χ4n) is 2.25. The van der Waals surface area contributed by atoms with Crippen molar-refractivity contribution in [2.24, 2.45) is 0 Å². The van der Waals surface area contributed by atoms with E-state index in [4.69, 9.17) is 0 Å². The molecule has 0 nitrogen and oxygen atoms in total. The summed E-state index contributed by atoms with van der Waals surface area (Å²) >= 11 is -1.16. The van der Waals surface area contributed by atoms with E-state index in [1.807, 2.05) is 0 Å². The van der Waals surface area contributed by atoms with Gasteiger partial charge in [-0.3, -0.25) is 0 Å². The molecule has 1 atom stereocenters. The second-order valence-electron chi connectivity index (χ2n) is 5.09. The Kier molecular flexibility index (Phi) is 4.30. The van der Waals surface area contributed by atoms with E-state index < -0.39 is 14.7 Å². The second-order valence-corrected chi connectivity index (χ2v) is 10.9. The van der Waals surface area contributed by atoms with Crippen molar-refractivity contribution in [3.63, 3.8) is 0 Å². The first kappa shape index (κ1) is 13.4. The van der Waals surface area contributed by atoms with Gasteiger partial charge in [-0.1, -0.05) is 0 Å². The van der Waals surface area contributed by atoms with Gasteiger partial charge in [0.15, 0.2) is 0 Å². The Balaban J connectivity index is 2.47. The molecule has 0 saturated carbocycles. The molecule has 0 aromatic heterocycles. The van der Waals surface area contributed by atoms with E-state index in [9.17, 15) is 0 Å². The van der Waals surface area contributed by atoms with Crippen molar-refractivity contribution in [3.05, 3.63) is 59.7 Å². The fraction of sp³-hybridized carbons (Fsp3) is 0.294. The summed E-state index contributed by atoms with van der Waals surface area (Å²) < 4.78 is 3.92. The quantitative estimate of drug-likeness (QED) is 0.763. The summed E-state index contributed by atoms with van der Waals surface area (Å²) in [6, 6.07) is 18.1. The van der Waals surface area contributed by atoms with Crippen LogP contribution in [-0.4, -0.2) is 14.7 Å². The van der Waals surface area contributed by atoms with Crippen molar-refractivity contribution in [2.75, 3.05) is 0 Å². The number of benzene rings is 2. The summed E-state index contributed by atoms with van der Waals surface area (Å²) in [7, 11) is 0. The summed E-state index contributed by atoms with van der Waals surface area (Å²) in [6.45, 7) is 9.14. The van der Waals surface area contributed by atoms with Crippen molar-refractivity contribution in [1.29, 1.82) is 0 Å². The van der Waals surface area contributed by atoms with Gasteiger partial charge in [-0.15, -0.1) is 0 Å². The van der Waals surface area contributed by atoms with E-state index in [1.165, 1.54) is 11.1 Å². The monoisotopic (exact) mass is 300 g/mol. The zero-order chi connectivity index (χ0) is 13.1. The summed E-state index contributed by atoms with van der Waals surface area (Å²) in [4.78, 5) is 0. The van der Waals surface area contributed by atoms with Crippen LogP contribution in [0.1, 0.15) is 25.0 Å². The normalized spacial score (nSPS) is 12.7. The molecule has 18 heavy (non-hydrogen) atoms. The molecule has 2 aromatic rings. The van der Waals surface area contributed by atoms with E-state index in [0.717, 1.165) is 4.71 Å². The Bertz CT molecular complexity index is 511. The molecule has 0 heterocycles. The molecule has 0 N–H and O–H groups in total. The molecule has 2 rings (SSSR count). The molecule has 0 amide bonds. The first-order valence-electron chi connectivity index (χ1n) is 6.51. The average molecular weight is 300 g/mol. The first-order valence-corrected chi connectivity index (χ1v) is 9.47. The minimum atomic E-state index is -1.16. The number of rotatable bonds is 3. The van der Waals surface area contributed by atoms with Crippen molar-refractivity contribution in [2.45, 2.75) is 32.4 Å². The molecular formula is C17H21As. The molecule has 0 bridgehead atoms. The van der Waals surface area contributed by atoms with Gasteiger partial charge in [-0.2, -0.15) is 0 Å². The topological polar surface area (TPSA) is 0 Å². The molecule has 0 spiro atoms. The van der Waals surface area contributed by atoms with E-state index in [1.54, 1.807) is 8.70 Å². The predicted molar refractivity (Wildman–Crippen MR) is 82.5 cm³/mol. The Morgan fingerprint density at radius 3 is 2.00 bits per heavy atom. The number of hydrogen-bond acceptors (Lipinski definition) is 0. The molecule has 1 heteroatoms. The van der Waals surface area contributed by atoms with Gasteiger partial charge in [-0.05, 0) is 0 Å². The standard InChI is InChI=1S/C17H21As/c1-13(2)18(16-11-9-14(3)10-12-16)17-8-6-5-7-15(17)4/h5-13H,1-4H3. The van der Waals surface area contributed by atoms with Gasteiger partial charge in [0.25, 0.3) is 0 Å². The summed E-state index contributed by atoms with van der Waals surface area (Å²) in [5.41, 5.74) is 2.80. The Morgan fingerprint density at radius 1 is 0.833 bits per heavy atom. The second kappa shape index (κ2) is 5.76. The summed E-state index contributed by atoms with van der Waals surface area (Å²) in [5.74, 6) is 0. The zero-order valence-electron chi connectivity index (χ0n) is 11.6. The van der Waals surface area contributed by atoms with Crippen LogP contribution < -0.4 is 8.70 Å².